The number of nitrogens with one attached hydrogen (secondary N) is 1. The summed E-state index contributed by atoms with van der Waals surface area (Å²) in [6.07, 6.45) is 10.4. The van der Waals surface area contributed by atoms with Crippen LogP contribution in [0.25, 0.3) is 6.08 Å². The normalized spacial score (nSPS) is 17.5. The number of benzene rings is 1. The first-order chi connectivity index (χ1) is 12.3. The van der Waals surface area contributed by atoms with Crippen molar-refractivity contribution in [3.8, 4) is 0 Å². The monoisotopic (exact) mass is 341 g/mol. The number of rotatable bonds is 6. The number of nitrogens with zero attached hydrogens (tertiary/aromatic N) is 2. The van der Waals surface area contributed by atoms with E-state index in [1.54, 1.807) is 6.20 Å². The molecule has 1 aliphatic heterocycles. The molecule has 25 heavy (non-hydrogen) atoms. The summed E-state index contributed by atoms with van der Waals surface area (Å²) < 4.78 is 12.7. The molecule has 0 saturated carbocycles. The molecule has 1 fully saturated rings. The molecule has 132 valence electrons. The van der Waals surface area contributed by atoms with Crippen LogP contribution >= 0.6 is 0 Å². The molecule has 1 amide bonds. The van der Waals surface area contributed by atoms with Gasteiger partial charge in [-0.15, -0.1) is 0 Å². The molecule has 6 nitrogen and oxygen atoms in total. The number of aromatic nitrogens is 2. The summed E-state index contributed by atoms with van der Waals surface area (Å²) in [5, 5.41) is 7.04. The van der Waals surface area contributed by atoms with E-state index in [0.29, 0.717) is 6.54 Å². The van der Waals surface area contributed by atoms with Crippen molar-refractivity contribution in [3.63, 3.8) is 0 Å². The summed E-state index contributed by atoms with van der Waals surface area (Å²) in [6.45, 7) is 1.47. The largest absolute Gasteiger partial charge is 0.445 e. The zero-order chi connectivity index (χ0) is 17.3. The van der Waals surface area contributed by atoms with Gasteiger partial charge in [0.2, 0.25) is 0 Å². The van der Waals surface area contributed by atoms with E-state index in [0.717, 1.165) is 30.6 Å². The van der Waals surface area contributed by atoms with Crippen LogP contribution in [-0.2, 0) is 16.1 Å². The smallest absolute Gasteiger partial charge is 0.407 e. The van der Waals surface area contributed by atoms with Gasteiger partial charge in [-0.25, -0.2) is 9.48 Å². The first-order valence-corrected chi connectivity index (χ1v) is 8.58. The van der Waals surface area contributed by atoms with E-state index in [2.05, 4.69) is 10.4 Å². The first kappa shape index (κ1) is 17.2. The van der Waals surface area contributed by atoms with E-state index >= 15 is 0 Å². The summed E-state index contributed by atoms with van der Waals surface area (Å²) in [4.78, 5) is 11.6. The van der Waals surface area contributed by atoms with E-state index in [1.165, 1.54) is 6.42 Å². The van der Waals surface area contributed by atoms with Crippen molar-refractivity contribution in [2.24, 2.45) is 0 Å². The molecule has 1 aromatic carbocycles. The Labute approximate surface area is 147 Å². The molecule has 0 spiro atoms. The third-order valence-corrected chi connectivity index (χ3v) is 3.96. The topological polar surface area (TPSA) is 65.4 Å². The summed E-state index contributed by atoms with van der Waals surface area (Å²) >= 11 is 0. The molecule has 3 rings (SSSR count). The van der Waals surface area contributed by atoms with Gasteiger partial charge in [-0.05, 0) is 24.8 Å². The molecule has 1 aliphatic rings. The van der Waals surface area contributed by atoms with Crippen LogP contribution in [0, 0.1) is 0 Å². The van der Waals surface area contributed by atoms with Crippen LogP contribution in [0.1, 0.15) is 36.6 Å². The predicted molar refractivity (Wildman–Crippen MR) is 94.7 cm³/mol. The van der Waals surface area contributed by atoms with E-state index in [9.17, 15) is 4.79 Å². The number of carbonyl (C=O) groups is 1. The Morgan fingerprint density at radius 1 is 1.36 bits per heavy atom. The maximum Gasteiger partial charge on any atom is 0.407 e. The second-order valence-corrected chi connectivity index (χ2v) is 5.92. The van der Waals surface area contributed by atoms with Crippen LogP contribution in [0.2, 0.25) is 0 Å². The molecule has 0 unspecified atom stereocenters. The van der Waals surface area contributed by atoms with Crippen LogP contribution in [0.4, 0.5) is 4.79 Å². The van der Waals surface area contributed by atoms with Gasteiger partial charge in [-0.2, -0.15) is 5.10 Å². The average Bonchev–Trinajstić information content (AvgIpc) is 3.14. The standard InChI is InChI=1S/C19H23N3O3/c23-19(25-15-16-7-2-1-3-8-16)20-11-6-9-17-13-21-22(14-17)18-10-4-5-12-24-18/h1-3,6-9,13-14,18H,4-5,10-12,15H2,(H,20,23)/t18-/m0/s1. The molecule has 1 aromatic heterocycles. The first-order valence-electron chi connectivity index (χ1n) is 8.58. The zero-order valence-electron chi connectivity index (χ0n) is 14.1. The third-order valence-electron chi connectivity index (χ3n) is 3.96. The average molecular weight is 341 g/mol. The van der Waals surface area contributed by atoms with Crippen molar-refractivity contribution in [2.75, 3.05) is 13.2 Å². The predicted octanol–water partition coefficient (Wildman–Crippen LogP) is 3.52. The highest BCUT2D eigenvalue weighted by molar-refractivity contribution is 5.67. The highest BCUT2D eigenvalue weighted by atomic mass is 16.5. The Bertz CT molecular complexity index is 691. The van der Waals surface area contributed by atoms with Crippen molar-refractivity contribution in [3.05, 3.63) is 59.9 Å². The van der Waals surface area contributed by atoms with E-state index in [1.807, 2.05) is 53.4 Å². The van der Waals surface area contributed by atoms with Gasteiger partial charge in [-0.3, -0.25) is 0 Å². The number of carbonyl (C=O) groups excluding carboxylic acids is 1. The zero-order valence-corrected chi connectivity index (χ0v) is 14.1. The molecule has 2 aromatic rings. The van der Waals surface area contributed by atoms with Crippen LogP contribution in [0.15, 0.2) is 48.8 Å². The lowest BCUT2D eigenvalue weighted by atomic mass is 10.2. The second-order valence-electron chi connectivity index (χ2n) is 5.92. The molecule has 1 N–H and O–H groups in total. The molecule has 0 aliphatic carbocycles. The molecule has 1 saturated heterocycles. The Hall–Kier alpha value is -2.60. The number of hydrogen-bond acceptors (Lipinski definition) is 4. The van der Waals surface area contributed by atoms with Crippen LogP contribution in [-0.4, -0.2) is 29.0 Å². The maximum absolute atomic E-state index is 11.6. The highest BCUT2D eigenvalue weighted by Gasteiger charge is 2.15. The lowest BCUT2D eigenvalue weighted by molar-refractivity contribution is -0.0394. The van der Waals surface area contributed by atoms with Crippen molar-refractivity contribution in [2.45, 2.75) is 32.1 Å². The Kier molecular flexibility index (Phi) is 6.23. The highest BCUT2D eigenvalue weighted by Crippen LogP contribution is 2.21. The van der Waals surface area contributed by atoms with Gasteiger partial charge in [0, 0.05) is 24.9 Å². The van der Waals surface area contributed by atoms with Crippen LogP contribution in [0.5, 0.6) is 0 Å². The fourth-order valence-electron chi connectivity index (χ4n) is 2.64. The van der Waals surface area contributed by atoms with Gasteiger partial charge in [-0.1, -0.05) is 42.5 Å². The minimum Gasteiger partial charge on any atom is -0.445 e. The SMILES string of the molecule is O=C(NCC=Cc1cnn([C@@H]2CCCCO2)c1)OCc1ccccc1. The molecule has 0 bridgehead atoms. The van der Waals surface area contributed by atoms with Gasteiger partial charge < -0.3 is 14.8 Å². The third kappa shape index (κ3) is 5.46. The molecule has 0 radical (unpaired) electrons. The Morgan fingerprint density at radius 2 is 2.24 bits per heavy atom. The summed E-state index contributed by atoms with van der Waals surface area (Å²) in [6, 6.07) is 9.59. The molecular weight excluding hydrogens is 318 g/mol. The second kappa shape index (κ2) is 9.03. The quantitative estimate of drug-likeness (QED) is 0.873. The fraction of sp³-hybridized carbons (Fsp3) is 0.368. The Balaban J connectivity index is 1.38. The summed E-state index contributed by atoms with van der Waals surface area (Å²) in [5.41, 5.74) is 1.94. The van der Waals surface area contributed by atoms with Crippen molar-refractivity contribution in [1.82, 2.24) is 15.1 Å². The molecule has 6 heteroatoms. The lowest BCUT2D eigenvalue weighted by Gasteiger charge is -2.22. The summed E-state index contributed by atoms with van der Waals surface area (Å²) in [5.74, 6) is 0. The van der Waals surface area contributed by atoms with Gasteiger partial charge in [0.15, 0.2) is 0 Å². The number of hydrogen-bond donors (Lipinski definition) is 1. The van der Waals surface area contributed by atoms with E-state index in [4.69, 9.17) is 9.47 Å². The van der Waals surface area contributed by atoms with Crippen LogP contribution in [0.3, 0.4) is 0 Å². The van der Waals surface area contributed by atoms with Crippen LogP contribution < -0.4 is 5.32 Å². The summed E-state index contributed by atoms with van der Waals surface area (Å²) in [7, 11) is 0. The Morgan fingerprint density at radius 3 is 3.04 bits per heavy atom. The van der Waals surface area contributed by atoms with Gasteiger partial charge in [0.1, 0.15) is 12.8 Å². The number of amides is 1. The molecule has 1 atom stereocenters. The minimum atomic E-state index is -0.431. The fourth-order valence-corrected chi connectivity index (χ4v) is 2.64. The number of ether oxygens (including phenoxy) is 2. The van der Waals surface area contributed by atoms with Crippen molar-refractivity contribution < 1.29 is 14.3 Å². The lowest BCUT2D eigenvalue weighted by Crippen LogP contribution is -2.24. The molecular formula is C19H23N3O3. The van der Waals surface area contributed by atoms with Gasteiger partial charge in [0.25, 0.3) is 0 Å². The van der Waals surface area contributed by atoms with Gasteiger partial charge in [0.05, 0.1) is 6.20 Å². The van der Waals surface area contributed by atoms with Crippen molar-refractivity contribution >= 4 is 12.2 Å². The number of alkyl carbamates (subject to hydrolysis) is 1. The minimum absolute atomic E-state index is 0.0435. The van der Waals surface area contributed by atoms with E-state index in [-0.39, 0.29) is 12.8 Å². The maximum atomic E-state index is 11.6. The molecule has 2 heterocycles. The van der Waals surface area contributed by atoms with Crippen molar-refractivity contribution in [1.29, 1.82) is 0 Å². The van der Waals surface area contributed by atoms with E-state index < -0.39 is 6.09 Å². The van der Waals surface area contributed by atoms with Gasteiger partial charge >= 0.3 is 6.09 Å².